The summed E-state index contributed by atoms with van der Waals surface area (Å²) in [7, 11) is 0. The topological polar surface area (TPSA) is 26.3 Å². The fraction of sp³-hybridized carbons (Fsp3) is 0.300. The van der Waals surface area contributed by atoms with E-state index in [4.69, 9.17) is 4.74 Å². The molecule has 182 valence electrons. The van der Waals surface area contributed by atoms with Crippen LogP contribution in [0.5, 0.6) is 0 Å². The van der Waals surface area contributed by atoms with Crippen LogP contribution in [0, 0.1) is 5.92 Å². The van der Waals surface area contributed by atoms with Gasteiger partial charge in [-0.05, 0) is 46.4 Å². The van der Waals surface area contributed by atoms with Crippen LogP contribution in [-0.4, -0.2) is 16.4 Å². The van der Waals surface area contributed by atoms with E-state index in [9.17, 15) is 18.0 Å². The fourth-order valence-electron chi connectivity index (χ4n) is 7.35. The Labute approximate surface area is 215 Å². The summed E-state index contributed by atoms with van der Waals surface area (Å²) in [5, 5.41) is 0. The number of hydrogen-bond acceptors (Lipinski definition) is 2. The van der Waals surface area contributed by atoms with E-state index in [0.717, 1.165) is 28.7 Å². The van der Waals surface area contributed by atoms with E-state index in [2.05, 4.69) is 46.3 Å². The largest absolute Gasteiger partial charge is 0.457 e. The molecule has 5 aliphatic rings. The van der Waals surface area contributed by atoms with Crippen LogP contribution in [0.1, 0.15) is 57.9 Å². The van der Waals surface area contributed by atoms with Crippen molar-refractivity contribution in [3.63, 3.8) is 0 Å². The molecule has 8 rings (SSSR count). The van der Waals surface area contributed by atoms with Crippen LogP contribution >= 0.6 is 15.9 Å². The van der Waals surface area contributed by atoms with E-state index in [1.54, 1.807) is 12.1 Å². The van der Waals surface area contributed by atoms with Crippen LogP contribution in [0.2, 0.25) is 0 Å². The number of rotatable bonds is 2. The van der Waals surface area contributed by atoms with E-state index in [-0.39, 0.29) is 41.7 Å². The standard InChI is InChI=1S/C30H22BrF3O2/c31-29-23-15-24(36-28(29)35)22-14-21(16-6-2-1-3-7-16)25(17-10-12-18(13-11-17)30(32,33)34)26(27(22)29)20-9-5-4-8-19(20)23/h1-14,21,23-27H,15H2/t21-,23+,24-,25-,26+,27-,29-/m0/s1. The molecule has 36 heavy (non-hydrogen) atoms. The number of alkyl halides is 4. The van der Waals surface area contributed by atoms with Gasteiger partial charge in [-0.15, -0.1) is 0 Å². The third-order valence-electron chi connectivity index (χ3n) is 8.75. The number of hydrogen-bond donors (Lipinski definition) is 0. The van der Waals surface area contributed by atoms with Crippen LogP contribution in [-0.2, 0) is 15.7 Å². The lowest BCUT2D eigenvalue weighted by atomic mass is 9.47. The Hall–Kier alpha value is -2.86. The van der Waals surface area contributed by atoms with Gasteiger partial charge in [-0.2, -0.15) is 13.2 Å². The summed E-state index contributed by atoms with van der Waals surface area (Å²) in [6, 6.07) is 24.0. The first-order valence-corrected chi connectivity index (χ1v) is 13.0. The quantitative estimate of drug-likeness (QED) is 0.188. The Bertz CT molecular complexity index is 1400. The van der Waals surface area contributed by atoms with Crippen LogP contribution in [0.4, 0.5) is 13.2 Å². The number of fused-ring (bicyclic) bond motifs is 3. The van der Waals surface area contributed by atoms with Gasteiger partial charge in [0.05, 0.1) is 5.56 Å². The molecule has 2 saturated heterocycles. The molecule has 7 atom stereocenters. The zero-order valence-electron chi connectivity index (χ0n) is 19.1. The molecule has 0 amide bonds. The first kappa shape index (κ1) is 22.3. The molecule has 1 saturated carbocycles. The number of halogens is 4. The molecule has 0 radical (unpaired) electrons. The summed E-state index contributed by atoms with van der Waals surface area (Å²) in [6.07, 6.45) is -1.69. The highest BCUT2D eigenvalue weighted by Gasteiger charge is 2.69. The molecule has 0 N–H and O–H groups in total. The molecule has 0 unspecified atom stereocenters. The van der Waals surface area contributed by atoms with Crippen molar-refractivity contribution in [2.75, 3.05) is 0 Å². The zero-order chi connectivity index (χ0) is 24.8. The van der Waals surface area contributed by atoms with Gasteiger partial charge in [0.25, 0.3) is 0 Å². The van der Waals surface area contributed by atoms with Gasteiger partial charge < -0.3 is 4.74 Å². The van der Waals surface area contributed by atoms with Gasteiger partial charge in [-0.25, -0.2) is 0 Å². The van der Waals surface area contributed by atoms with Crippen molar-refractivity contribution in [3.8, 4) is 0 Å². The van der Waals surface area contributed by atoms with Gasteiger partial charge in [0.1, 0.15) is 10.4 Å². The maximum absolute atomic E-state index is 13.4. The summed E-state index contributed by atoms with van der Waals surface area (Å²) in [6.45, 7) is 0. The minimum absolute atomic E-state index is 0.000110. The Balaban J connectivity index is 1.50. The SMILES string of the molecule is O=C1O[C@H]2C[C@@H]3c4ccccc4[C@@H]4[C@@H](c5ccc(C(F)(F)F)cc5)[C@H](c5ccccc5)C=C2[C@@H]4[C@]13Br. The predicted molar refractivity (Wildman–Crippen MR) is 133 cm³/mol. The minimum atomic E-state index is -4.39. The first-order chi connectivity index (χ1) is 17.3. The smallest absolute Gasteiger partial charge is 0.416 e. The molecular weight excluding hydrogens is 529 g/mol. The molecule has 3 aliphatic carbocycles. The van der Waals surface area contributed by atoms with Crippen molar-refractivity contribution in [2.45, 2.75) is 46.7 Å². The Kier molecular flexibility index (Phi) is 4.70. The van der Waals surface area contributed by atoms with Gasteiger partial charge in [0.15, 0.2) is 0 Å². The van der Waals surface area contributed by atoms with Crippen molar-refractivity contribution in [1.82, 2.24) is 0 Å². The maximum Gasteiger partial charge on any atom is 0.416 e. The second-order valence-corrected chi connectivity index (χ2v) is 11.6. The van der Waals surface area contributed by atoms with Crippen molar-refractivity contribution in [2.24, 2.45) is 5.92 Å². The molecule has 3 fully saturated rings. The van der Waals surface area contributed by atoms with Crippen molar-refractivity contribution < 1.29 is 22.7 Å². The van der Waals surface area contributed by atoms with Gasteiger partial charge in [0, 0.05) is 29.6 Å². The van der Waals surface area contributed by atoms with Crippen LogP contribution in [0.15, 0.2) is 90.5 Å². The third-order valence-corrected chi connectivity index (χ3v) is 10.1. The normalized spacial score (nSPS) is 34.0. The van der Waals surface area contributed by atoms with Crippen molar-refractivity contribution in [3.05, 3.63) is 118 Å². The molecule has 2 heterocycles. The lowest BCUT2D eigenvalue weighted by Gasteiger charge is -2.62. The second kappa shape index (κ2) is 7.58. The molecule has 0 spiro atoms. The molecule has 3 aromatic carbocycles. The van der Waals surface area contributed by atoms with Crippen molar-refractivity contribution in [1.29, 1.82) is 0 Å². The molecule has 0 aromatic heterocycles. The highest BCUT2D eigenvalue weighted by Crippen LogP contribution is 2.70. The molecule has 2 nitrogen and oxygen atoms in total. The summed E-state index contributed by atoms with van der Waals surface area (Å²) < 4.78 is 45.2. The minimum Gasteiger partial charge on any atom is -0.457 e. The van der Waals surface area contributed by atoms with Crippen LogP contribution < -0.4 is 0 Å². The average molecular weight is 551 g/mol. The van der Waals surface area contributed by atoms with Gasteiger partial charge >= 0.3 is 12.1 Å². The molecular formula is C30H22BrF3O2. The van der Waals surface area contributed by atoms with E-state index < -0.39 is 16.1 Å². The van der Waals surface area contributed by atoms with Crippen LogP contribution in [0.25, 0.3) is 0 Å². The summed E-state index contributed by atoms with van der Waals surface area (Å²) in [5.74, 6) is -0.654. The predicted octanol–water partition coefficient (Wildman–Crippen LogP) is 7.47. The summed E-state index contributed by atoms with van der Waals surface area (Å²) >= 11 is 3.92. The molecule has 2 aliphatic heterocycles. The maximum atomic E-state index is 13.4. The van der Waals surface area contributed by atoms with Gasteiger partial charge in [-0.1, -0.05) is 88.7 Å². The molecule has 6 heteroatoms. The van der Waals surface area contributed by atoms with Crippen molar-refractivity contribution >= 4 is 21.9 Å². The Morgan fingerprint density at radius 3 is 2.19 bits per heavy atom. The zero-order valence-corrected chi connectivity index (χ0v) is 20.7. The number of carbonyl (C=O) groups excluding carboxylic acids is 1. The number of benzene rings is 3. The van der Waals surface area contributed by atoms with E-state index in [1.165, 1.54) is 17.7 Å². The lowest BCUT2D eigenvalue weighted by Crippen LogP contribution is -2.64. The number of carbonyl (C=O) groups is 1. The number of allylic oxidation sites excluding steroid dienone is 1. The van der Waals surface area contributed by atoms with Gasteiger partial charge in [-0.3, -0.25) is 4.79 Å². The monoisotopic (exact) mass is 550 g/mol. The number of esters is 1. The highest BCUT2D eigenvalue weighted by atomic mass is 79.9. The summed E-state index contributed by atoms with van der Waals surface area (Å²) in [4.78, 5) is 13.4. The van der Waals surface area contributed by atoms with E-state index >= 15 is 0 Å². The Morgan fingerprint density at radius 2 is 1.50 bits per heavy atom. The fourth-order valence-corrected chi connectivity index (χ4v) is 8.43. The molecule has 3 aromatic rings. The second-order valence-electron chi connectivity index (χ2n) is 10.3. The third kappa shape index (κ3) is 2.94. The molecule has 4 bridgehead atoms. The lowest BCUT2D eigenvalue weighted by molar-refractivity contribution is -0.166. The first-order valence-electron chi connectivity index (χ1n) is 12.2. The Morgan fingerprint density at radius 1 is 0.833 bits per heavy atom. The number of ether oxygens (including phenoxy) is 1. The van der Waals surface area contributed by atoms with E-state index in [0.29, 0.717) is 0 Å². The average Bonchev–Trinajstić information content (AvgIpc) is 2.88. The highest BCUT2D eigenvalue weighted by molar-refractivity contribution is 9.10. The van der Waals surface area contributed by atoms with Crippen LogP contribution in [0.3, 0.4) is 0 Å². The summed E-state index contributed by atoms with van der Waals surface area (Å²) in [5.41, 5.74) is 4.75. The van der Waals surface area contributed by atoms with E-state index in [1.807, 2.05) is 30.3 Å². The van der Waals surface area contributed by atoms with Gasteiger partial charge in [0.2, 0.25) is 0 Å².